The molecule has 3 N–H and O–H groups in total. The predicted octanol–water partition coefficient (Wildman–Crippen LogP) is 8.17. The molecule has 2 fully saturated rings. The van der Waals surface area contributed by atoms with Gasteiger partial charge in [-0.05, 0) is 97.2 Å². The van der Waals surface area contributed by atoms with Gasteiger partial charge >= 0.3 is 11.9 Å². The number of esters is 1. The third-order valence-electron chi connectivity index (χ3n) is 9.99. The van der Waals surface area contributed by atoms with E-state index in [9.17, 15) is 14.7 Å². The highest BCUT2D eigenvalue weighted by molar-refractivity contribution is 5.80. The average Bonchev–Trinajstić information content (AvgIpc) is 4.23. The summed E-state index contributed by atoms with van der Waals surface area (Å²) in [6, 6.07) is 37.3. The molecule has 2 heterocycles. The van der Waals surface area contributed by atoms with Crippen LogP contribution in [0.15, 0.2) is 134 Å². The quantitative estimate of drug-likeness (QED) is 0.0719. The highest BCUT2D eigenvalue weighted by Crippen LogP contribution is 2.31. The highest BCUT2D eigenvalue weighted by Gasteiger charge is 2.23. The van der Waals surface area contributed by atoms with E-state index in [0.29, 0.717) is 30.4 Å². The van der Waals surface area contributed by atoms with Crippen molar-refractivity contribution in [3.05, 3.63) is 145 Å². The SMILES string of the molecule is COC(=O)[C@@H](Cc1ccccc1)Nc1cc(-c2ccc(OCC3CC3)cc2)ncn1.O=C(O)[C@@H](Cc1ccccc1)Nc1cc(-c2ccc(OCC3CC3)cc2)ncn1. The smallest absolute Gasteiger partial charge is 0.328 e. The second kappa shape index (κ2) is 20.0. The zero-order chi connectivity index (χ0) is 40.8. The number of aromatic nitrogens is 4. The van der Waals surface area contributed by atoms with Crippen LogP contribution in [0.5, 0.6) is 11.5 Å². The van der Waals surface area contributed by atoms with E-state index in [1.165, 1.54) is 45.4 Å². The lowest BCUT2D eigenvalue weighted by molar-refractivity contribution is -0.141. The van der Waals surface area contributed by atoms with Crippen LogP contribution in [-0.2, 0) is 27.2 Å². The number of hydrogen-bond acceptors (Lipinski definition) is 11. The molecule has 2 aliphatic rings. The fourth-order valence-electron chi connectivity index (χ4n) is 6.22. The van der Waals surface area contributed by atoms with Gasteiger partial charge in [0.1, 0.15) is 47.9 Å². The number of methoxy groups -OCH3 is 1. The van der Waals surface area contributed by atoms with Crippen molar-refractivity contribution in [1.29, 1.82) is 0 Å². The monoisotopic (exact) mass is 792 g/mol. The first-order valence-electron chi connectivity index (χ1n) is 19.9. The van der Waals surface area contributed by atoms with E-state index >= 15 is 0 Å². The second-order valence-electron chi connectivity index (χ2n) is 14.8. The standard InChI is InChI=1S/C24H25N3O3.C23H23N3O3/c1-29-24(28)22(13-17-5-3-2-4-6-17)27-23-14-21(25-16-26-23)19-9-11-20(12-10-19)30-15-18-7-8-18;27-23(28)21(12-16-4-2-1-3-5-16)26-22-13-20(24-15-25-22)18-8-10-19(11-9-18)29-14-17-6-7-17/h2-6,9-12,14,16,18,22H,7-8,13,15H2,1H3,(H,25,26,27);1-5,8-11,13,15,17,21H,6-7,12,14H2,(H,27,28)(H,24,25,26)/t22-;21-/m11/s1. The van der Waals surface area contributed by atoms with E-state index in [0.717, 1.165) is 64.3 Å². The number of aliphatic carboxylic acids is 1. The summed E-state index contributed by atoms with van der Waals surface area (Å²) >= 11 is 0. The summed E-state index contributed by atoms with van der Waals surface area (Å²) in [5.74, 6) is 2.94. The molecule has 8 rings (SSSR count). The lowest BCUT2D eigenvalue weighted by Gasteiger charge is -2.17. The summed E-state index contributed by atoms with van der Waals surface area (Å²) in [6.07, 6.45) is 8.86. The summed E-state index contributed by atoms with van der Waals surface area (Å²) in [4.78, 5) is 41.1. The molecule has 302 valence electrons. The minimum atomic E-state index is -0.925. The molecule has 0 amide bonds. The van der Waals surface area contributed by atoms with Gasteiger partial charge in [-0.3, -0.25) is 0 Å². The summed E-state index contributed by atoms with van der Waals surface area (Å²) in [5.41, 5.74) is 5.35. The van der Waals surface area contributed by atoms with Crippen LogP contribution in [0.4, 0.5) is 11.6 Å². The number of hydrogen-bond donors (Lipinski definition) is 3. The van der Waals surface area contributed by atoms with Gasteiger partial charge in [-0.25, -0.2) is 29.5 Å². The molecule has 0 radical (unpaired) electrons. The van der Waals surface area contributed by atoms with Gasteiger partial charge in [0.05, 0.1) is 31.7 Å². The molecule has 0 aliphatic heterocycles. The highest BCUT2D eigenvalue weighted by atomic mass is 16.5. The lowest BCUT2D eigenvalue weighted by atomic mass is 10.1. The first kappa shape index (κ1) is 40.4. The lowest BCUT2D eigenvalue weighted by Crippen LogP contribution is -2.33. The van der Waals surface area contributed by atoms with Gasteiger partial charge in [-0.2, -0.15) is 0 Å². The maximum Gasteiger partial charge on any atom is 0.328 e. The van der Waals surface area contributed by atoms with E-state index in [1.54, 1.807) is 6.07 Å². The summed E-state index contributed by atoms with van der Waals surface area (Å²) in [7, 11) is 1.39. The van der Waals surface area contributed by atoms with Gasteiger partial charge in [0.15, 0.2) is 0 Å². The van der Waals surface area contributed by atoms with Crippen LogP contribution in [0.2, 0.25) is 0 Å². The number of nitrogens with zero attached hydrogens (tertiary/aromatic N) is 4. The number of rotatable bonds is 18. The van der Waals surface area contributed by atoms with E-state index in [4.69, 9.17) is 14.2 Å². The third-order valence-corrected chi connectivity index (χ3v) is 9.99. The molecule has 2 aliphatic carbocycles. The first-order valence-corrected chi connectivity index (χ1v) is 19.9. The Kier molecular flexibility index (Phi) is 13.7. The third kappa shape index (κ3) is 12.6. The Morgan fingerprint density at radius 1 is 0.610 bits per heavy atom. The molecule has 0 bridgehead atoms. The van der Waals surface area contributed by atoms with Gasteiger partial charge < -0.3 is 30.0 Å². The van der Waals surface area contributed by atoms with Crippen molar-refractivity contribution in [2.75, 3.05) is 31.0 Å². The van der Waals surface area contributed by atoms with Crippen molar-refractivity contribution in [2.24, 2.45) is 11.8 Å². The van der Waals surface area contributed by atoms with Crippen molar-refractivity contribution in [3.63, 3.8) is 0 Å². The van der Waals surface area contributed by atoms with Gasteiger partial charge in [-0.1, -0.05) is 60.7 Å². The molecule has 12 nitrogen and oxygen atoms in total. The van der Waals surface area contributed by atoms with Crippen LogP contribution in [-0.4, -0.2) is 69.4 Å². The molecule has 59 heavy (non-hydrogen) atoms. The molecule has 2 aromatic heterocycles. The molecule has 2 saturated carbocycles. The minimum absolute atomic E-state index is 0.337. The molecule has 0 unspecified atom stereocenters. The maximum absolute atomic E-state index is 12.3. The topological polar surface area (TPSA) is 158 Å². The molecular formula is C47H48N6O6. The normalized spacial score (nSPS) is 14.1. The Morgan fingerprint density at radius 2 is 1.03 bits per heavy atom. The van der Waals surface area contributed by atoms with Gasteiger partial charge in [0.2, 0.25) is 0 Å². The van der Waals surface area contributed by atoms with Crippen LogP contribution >= 0.6 is 0 Å². The maximum atomic E-state index is 12.3. The summed E-state index contributed by atoms with van der Waals surface area (Å²) in [6.45, 7) is 1.57. The van der Waals surface area contributed by atoms with Gasteiger partial charge in [0, 0.05) is 36.1 Å². The van der Waals surface area contributed by atoms with E-state index in [2.05, 4.69) is 30.6 Å². The van der Waals surface area contributed by atoms with Crippen LogP contribution in [0.25, 0.3) is 22.5 Å². The van der Waals surface area contributed by atoms with E-state index in [-0.39, 0.29) is 5.97 Å². The molecule has 12 heteroatoms. The average molecular weight is 793 g/mol. The fraction of sp³-hybridized carbons (Fsp3) is 0.277. The van der Waals surface area contributed by atoms with Crippen LogP contribution in [0.3, 0.4) is 0 Å². The molecule has 4 aromatic carbocycles. The Labute approximate surface area is 344 Å². The molecular weight excluding hydrogens is 745 g/mol. The zero-order valence-corrected chi connectivity index (χ0v) is 32.9. The largest absolute Gasteiger partial charge is 0.493 e. The second-order valence-corrected chi connectivity index (χ2v) is 14.8. The van der Waals surface area contributed by atoms with E-state index < -0.39 is 18.1 Å². The van der Waals surface area contributed by atoms with Gasteiger partial charge in [-0.15, -0.1) is 0 Å². The Bertz CT molecular complexity index is 2250. The Balaban J connectivity index is 0.000000179. The summed E-state index contributed by atoms with van der Waals surface area (Å²) < 4.78 is 16.5. The molecule has 6 aromatic rings. The van der Waals surface area contributed by atoms with Gasteiger partial charge in [0.25, 0.3) is 0 Å². The van der Waals surface area contributed by atoms with E-state index in [1.807, 2.05) is 115 Å². The number of anilines is 2. The molecule has 0 spiro atoms. The van der Waals surface area contributed by atoms with Crippen molar-refractivity contribution in [1.82, 2.24) is 19.9 Å². The number of carboxylic acid groups (broad SMARTS) is 1. The van der Waals surface area contributed by atoms with Crippen molar-refractivity contribution < 1.29 is 28.9 Å². The zero-order valence-electron chi connectivity index (χ0n) is 32.9. The van der Waals surface area contributed by atoms with Crippen LogP contribution < -0.4 is 20.1 Å². The van der Waals surface area contributed by atoms with Crippen LogP contribution in [0.1, 0.15) is 36.8 Å². The molecule has 2 atom stereocenters. The Hall–Kier alpha value is -6.82. The summed E-state index contributed by atoms with van der Waals surface area (Å²) in [5, 5.41) is 15.8. The predicted molar refractivity (Wildman–Crippen MR) is 226 cm³/mol. The van der Waals surface area contributed by atoms with Crippen LogP contribution in [0, 0.1) is 11.8 Å². The van der Waals surface area contributed by atoms with Crippen molar-refractivity contribution >= 4 is 23.6 Å². The Morgan fingerprint density at radius 3 is 1.44 bits per heavy atom. The van der Waals surface area contributed by atoms with Crippen molar-refractivity contribution in [2.45, 2.75) is 50.6 Å². The molecule has 0 saturated heterocycles. The minimum Gasteiger partial charge on any atom is -0.493 e. The number of carbonyl (C=O) groups excluding carboxylic acids is 1. The number of nitrogens with one attached hydrogen (secondary N) is 2. The number of ether oxygens (including phenoxy) is 3. The first-order chi connectivity index (χ1) is 28.9. The number of carbonyl (C=O) groups is 2. The fourth-order valence-corrected chi connectivity index (χ4v) is 6.22. The number of carboxylic acids is 1. The number of benzene rings is 4. The van der Waals surface area contributed by atoms with Crippen molar-refractivity contribution in [3.8, 4) is 34.0 Å².